The lowest BCUT2D eigenvalue weighted by molar-refractivity contribution is 0.0948. The Labute approximate surface area is 99.8 Å². The van der Waals surface area contributed by atoms with E-state index < -0.39 is 0 Å². The first-order chi connectivity index (χ1) is 8.16. The highest BCUT2D eigenvalue weighted by molar-refractivity contribution is 5.93. The number of pyridine rings is 1. The normalized spacial score (nSPS) is 19.2. The summed E-state index contributed by atoms with van der Waals surface area (Å²) in [6, 6.07) is 3.02. The molecule has 0 saturated carbocycles. The molecule has 1 atom stereocenters. The van der Waals surface area contributed by atoms with Crippen LogP contribution in [-0.4, -0.2) is 30.1 Å². The zero-order valence-corrected chi connectivity index (χ0v) is 9.90. The minimum atomic E-state index is -0.172. The number of aryl methyl sites for hydroxylation is 1. The van der Waals surface area contributed by atoms with Crippen LogP contribution in [0.4, 0.5) is 0 Å². The van der Waals surface area contributed by atoms with Crippen molar-refractivity contribution in [2.75, 3.05) is 19.6 Å². The average molecular weight is 235 g/mol. The highest BCUT2D eigenvalue weighted by Gasteiger charge is 2.15. The summed E-state index contributed by atoms with van der Waals surface area (Å²) in [7, 11) is 1.66. The summed E-state index contributed by atoms with van der Waals surface area (Å²) >= 11 is 0. The molecule has 5 nitrogen and oxygen atoms in total. The SMILES string of the molecule is Cn1ccc(C(=O)NCC2CCNC2)cc1=O. The molecule has 0 radical (unpaired) electrons. The molecule has 1 amide bonds. The molecule has 2 rings (SSSR count). The van der Waals surface area contributed by atoms with Crippen LogP contribution in [0.5, 0.6) is 0 Å². The third-order valence-electron chi connectivity index (χ3n) is 3.08. The molecule has 0 bridgehead atoms. The van der Waals surface area contributed by atoms with Crippen molar-refractivity contribution in [2.24, 2.45) is 13.0 Å². The number of rotatable bonds is 3. The Bertz CT molecular complexity index is 461. The van der Waals surface area contributed by atoms with Gasteiger partial charge >= 0.3 is 0 Å². The molecular weight excluding hydrogens is 218 g/mol. The predicted octanol–water partition coefficient (Wildman–Crippen LogP) is -0.275. The minimum absolute atomic E-state index is 0.166. The smallest absolute Gasteiger partial charge is 0.251 e. The fourth-order valence-corrected chi connectivity index (χ4v) is 1.92. The van der Waals surface area contributed by atoms with Gasteiger partial charge in [0.25, 0.3) is 11.5 Å². The topological polar surface area (TPSA) is 63.1 Å². The molecule has 2 N–H and O–H groups in total. The molecule has 1 aromatic rings. The Hall–Kier alpha value is -1.62. The van der Waals surface area contributed by atoms with E-state index in [4.69, 9.17) is 0 Å². The molecule has 1 aliphatic heterocycles. The molecule has 92 valence electrons. The van der Waals surface area contributed by atoms with Gasteiger partial charge in [-0.1, -0.05) is 0 Å². The van der Waals surface area contributed by atoms with E-state index in [1.165, 1.54) is 10.6 Å². The summed E-state index contributed by atoms with van der Waals surface area (Å²) in [5, 5.41) is 6.11. The van der Waals surface area contributed by atoms with Gasteiger partial charge < -0.3 is 15.2 Å². The summed E-state index contributed by atoms with van der Waals surface area (Å²) in [5.41, 5.74) is 0.263. The van der Waals surface area contributed by atoms with Gasteiger partial charge in [-0.3, -0.25) is 9.59 Å². The molecule has 1 saturated heterocycles. The van der Waals surface area contributed by atoms with Crippen molar-refractivity contribution in [3.05, 3.63) is 34.2 Å². The van der Waals surface area contributed by atoms with Crippen LogP contribution in [0.2, 0.25) is 0 Å². The fraction of sp³-hybridized carbons (Fsp3) is 0.500. The summed E-state index contributed by atoms with van der Waals surface area (Å²) in [5.74, 6) is 0.333. The van der Waals surface area contributed by atoms with E-state index in [1.54, 1.807) is 19.3 Å². The Morgan fingerprint density at radius 3 is 3.12 bits per heavy atom. The first kappa shape index (κ1) is 11.9. The maximum absolute atomic E-state index is 11.8. The number of hydrogen-bond acceptors (Lipinski definition) is 3. The number of carbonyl (C=O) groups excluding carboxylic acids is 1. The van der Waals surface area contributed by atoms with E-state index in [2.05, 4.69) is 10.6 Å². The molecule has 5 heteroatoms. The zero-order chi connectivity index (χ0) is 12.3. The van der Waals surface area contributed by atoms with E-state index in [9.17, 15) is 9.59 Å². The number of amides is 1. The summed E-state index contributed by atoms with van der Waals surface area (Å²) in [6.45, 7) is 2.64. The lowest BCUT2D eigenvalue weighted by Crippen LogP contribution is -2.31. The van der Waals surface area contributed by atoms with Crippen molar-refractivity contribution in [1.29, 1.82) is 0 Å². The molecule has 2 heterocycles. The van der Waals surface area contributed by atoms with Crippen molar-refractivity contribution in [2.45, 2.75) is 6.42 Å². The zero-order valence-electron chi connectivity index (χ0n) is 9.90. The molecule has 17 heavy (non-hydrogen) atoms. The van der Waals surface area contributed by atoms with Crippen molar-refractivity contribution in [3.63, 3.8) is 0 Å². The third kappa shape index (κ3) is 2.94. The van der Waals surface area contributed by atoms with Gasteiger partial charge in [-0.25, -0.2) is 0 Å². The summed E-state index contributed by atoms with van der Waals surface area (Å²) < 4.78 is 1.44. The van der Waals surface area contributed by atoms with Crippen LogP contribution < -0.4 is 16.2 Å². The third-order valence-corrected chi connectivity index (χ3v) is 3.08. The Morgan fingerprint density at radius 2 is 2.47 bits per heavy atom. The molecule has 0 aromatic carbocycles. The van der Waals surface area contributed by atoms with Gasteiger partial charge in [-0.05, 0) is 31.5 Å². The average Bonchev–Trinajstić information content (AvgIpc) is 2.82. The molecule has 1 aliphatic rings. The van der Waals surface area contributed by atoms with Crippen LogP contribution in [0.25, 0.3) is 0 Å². The van der Waals surface area contributed by atoms with Crippen LogP contribution in [0.1, 0.15) is 16.8 Å². The van der Waals surface area contributed by atoms with Crippen molar-refractivity contribution in [1.82, 2.24) is 15.2 Å². The highest BCUT2D eigenvalue weighted by atomic mass is 16.2. The number of nitrogens with one attached hydrogen (secondary N) is 2. The minimum Gasteiger partial charge on any atom is -0.352 e. The largest absolute Gasteiger partial charge is 0.352 e. The quantitative estimate of drug-likeness (QED) is 0.757. The summed E-state index contributed by atoms with van der Waals surface area (Å²) in [4.78, 5) is 23.2. The van der Waals surface area contributed by atoms with Gasteiger partial charge in [0.05, 0.1) is 0 Å². The second-order valence-electron chi connectivity index (χ2n) is 4.43. The standard InChI is InChI=1S/C12H17N3O2/c1-15-5-3-10(6-11(15)16)12(17)14-8-9-2-4-13-7-9/h3,5-6,9,13H,2,4,7-8H2,1H3,(H,14,17). The highest BCUT2D eigenvalue weighted by Crippen LogP contribution is 2.05. The van der Waals surface area contributed by atoms with Crippen molar-refractivity contribution < 1.29 is 4.79 Å². The van der Waals surface area contributed by atoms with E-state index in [0.29, 0.717) is 18.0 Å². The Kier molecular flexibility index (Phi) is 3.58. The van der Waals surface area contributed by atoms with Gasteiger partial charge in [-0.15, -0.1) is 0 Å². The number of aromatic nitrogens is 1. The maximum Gasteiger partial charge on any atom is 0.251 e. The van der Waals surface area contributed by atoms with Crippen LogP contribution in [0, 0.1) is 5.92 Å². The monoisotopic (exact) mass is 235 g/mol. The molecule has 1 unspecified atom stereocenters. The predicted molar refractivity (Wildman–Crippen MR) is 65.0 cm³/mol. The first-order valence-electron chi connectivity index (χ1n) is 5.82. The van der Waals surface area contributed by atoms with Gasteiger partial charge in [0.2, 0.25) is 0 Å². The van der Waals surface area contributed by atoms with Crippen LogP contribution >= 0.6 is 0 Å². The number of nitrogens with zero attached hydrogens (tertiary/aromatic N) is 1. The van der Waals surface area contributed by atoms with Crippen molar-refractivity contribution >= 4 is 5.91 Å². The Morgan fingerprint density at radius 1 is 1.65 bits per heavy atom. The van der Waals surface area contributed by atoms with E-state index in [0.717, 1.165) is 19.5 Å². The van der Waals surface area contributed by atoms with Crippen LogP contribution in [0.3, 0.4) is 0 Å². The molecular formula is C12H17N3O2. The first-order valence-corrected chi connectivity index (χ1v) is 5.82. The maximum atomic E-state index is 11.8. The van der Waals surface area contributed by atoms with Gasteiger partial charge in [0.15, 0.2) is 0 Å². The van der Waals surface area contributed by atoms with E-state index >= 15 is 0 Å². The molecule has 0 aliphatic carbocycles. The second kappa shape index (κ2) is 5.14. The lowest BCUT2D eigenvalue weighted by Gasteiger charge is -2.10. The second-order valence-corrected chi connectivity index (χ2v) is 4.43. The van der Waals surface area contributed by atoms with Crippen molar-refractivity contribution in [3.8, 4) is 0 Å². The lowest BCUT2D eigenvalue weighted by atomic mass is 10.1. The Balaban J connectivity index is 1.94. The molecule has 1 aromatic heterocycles. The van der Waals surface area contributed by atoms with Gasteiger partial charge in [0.1, 0.15) is 0 Å². The number of hydrogen-bond donors (Lipinski definition) is 2. The van der Waals surface area contributed by atoms with Crippen LogP contribution in [-0.2, 0) is 7.05 Å². The van der Waals surface area contributed by atoms with Gasteiger partial charge in [0, 0.05) is 31.4 Å². The summed E-state index contributed by atoms with van der Waals surface area (Å²) in [6.07, 6.45) is 2.70. The van der Waals surface area contributed by atoms with E-state index in [1.807, 2.05) is 0 Å². The number of carbonyl (C=O) groups is 1. The molecule has 0 spiro atoms. The molecule has 1 fully saturated rings. The van der Waals surface area contributed by atoms with E-state index in [-0.39, 0.29) is 11.5 Å². The van der Waals surface area contributed by atoms with Gasteiger partial charge in [-0.2, -0.15) is 0 Å². The fourth-order valence-electron chi connectivity index (χ4n) is 1.92. The van der Waals surface area contributed by atoms with Crippen LogP contribution in [0.15, 0.2) is 23.1 Å².